The first-order valence-electron chi connectivity index (χ1n) is 5.16. The predicted octanol–water partition coefficient (Wildman–Crippen LogP) is 4.65. The van der Waals surface area contributed by atoms with Crippen LogP contribution in [0.25, 0.3) is 0 Å². The third kappa shape index (κ3) is 3.24. The smallest absolute Gasteiger partial charge is 0.0674 e. The minimum absolute atomic E-state index is 0.0239. The first-order chi connectivity index (χ1) is 8.06. The maximum atomic E-state index is 6.15. The van der Waals surface area contributed by atoms with E-state index in [4.69, 9.17) is 23.2 Å². The summed E-state index contributed by atoms with van der Waals surface area (Å²) in [5, 5.41) is 4.97. The van der Waals surface area contributed by atoms with Crippen LogP contribution in [0.2, 0.25) is 5.02 Å². The molecule has 0 fully saturated rings. The van der Waals surface area contributed by atoms with Crippen molar-refractivity contribution in [1.29, 1.82) is 0 Å². The summed E-state index contributed by atoms with van der Waals surface area (Å²) in [6, 6.07) is 5.83. The predicted molar refractivity (Wildman–Crippen MR) is 74.7 cm³/mol. The van der Waals surface area contributed by atoms with Gasteiger partial charge in [0.1, 0.15) is 0 Å². The fraction of sp³-hybridized carbons (Fsp3) is 0.250. The van der Waals surface area contributed by atoms with Crippen molar-refractivity contribution in [2.45, 2.75) is 18.8 Å². The van der Waals surface area contributed by atoms with Gasteiger partial charge in [-0.05, 0) is 24.6 Å². The normalized spacial score (nSPS) is 12.7. The quantitative estimate of drug-likeness (QED) is 0.748. The topological polar surface area (TPSA) is 17.8 Å². The monoisotopic (exact) mass is 332 g/mol. The Labute approximate surface area is 119 Å². The zero-order valence-electron chi connectivity index (χ0n) is 9.20. The highest BCUT2D eigenvalue weighted by Gasteiger charge is 2.06. The van der Waals surface area contributed by atoms with E-state index in [1.807, 2.05) is 36.0 Å². The summed E-state index contributed by atoms with van der Waals surface area (Å²) in [6.07, 6.45) is 3.72. The molecular formula is C12H11BrCl2N2. The third-order valence-corrected chi connectivity index (χ3v) is 3.56. The lowest BCUT2D eigenvalue weighted by Crippen LogP contribution is -2.00. The van der Waals surface area contributed by atoms with Gasteiger partial charge in [0.15, 0.2) is 0 Å². The van der Waals surface area contributed by atoms with Gasteiger partial charge < -0.3 is 0 Å². The standard InChI is InChI=1S/C12H11BrCl2N2/c1-8(14)10-5-16-17(7-10)6-9-2-3-11(13)4-12(9)15/h2-5,7-8H,6H2,1H3. The Kier molecular flexibility index (Phi) is 4.13. The van der Waals surface area contributed by atoms with Crippen LogP contribution in [-0.4, -0.2) is 9.78 Å². The Balaban J connectivity index is 2.19. The van der Waals surface area contributed by atoms with E-state index in [-0.39, 0.29) is 5.38 Å². The second-order valence-corrected chi connectivity index (χ2v) is 5.80. The Hall–Kier alpha value is -0.510. The molecule has 0 N–H and O–H groups in total. The molecule has 2 rings (SSSR count). The van der Waals surface area contributed by atoms with Gasteiger partial charge in [0.25, 0.3) is 0 Å². The molecule has 0 spiro atoms. The van der Waals surface area contributed by atoms with E-state index in [0.717, 1.165) is 20.6 Å². The molecule has 2 nitrogen and oxygen atoms in total. The highest BCUT2D eigenvalue weighted by molar-refractivity contribution is 9.10. The second-order valence-electron chi connectivity index (χ2n) is 3.82. The molecule has 90 valence electrons. The Morgan fingerprint density at radius 2 is 2.24 bits per heavy atom. The SMILES string of the molecule is CC(Cl)c1cnn(Cc2ccc(Br)cc2Cl)c1. The lowest BCUT2D eigenvalue weighted by atomic mass is 10.2. The number of alkyl halides is 1. The van der Waals surface area contributed by atoms with Crippen molar-refractivity contribution >= 4 is 39.1 Å². The number of hydrogen-bond donors (Lipinski definition) is 0. The molecule has 1 atom stereocenters. The maximum absolute atomic E-state index is 6.15. The van der Waals surface area contributed by atoms with Crippen LogP contribution >= 0.6 is 39.1 Å². The van der Waals surface area contributed by atoms with Crippen molar-refractivity contribution in [2.24, 2.45) is 0 Å². The summed E-state index contributed by atoms with van der Waals surface area (Å²) >= 11 is 15.5. The van der Waals surface area contributed by atoms with Crippen molar-refractivity contribution in [3.63, 3.8) is 0 Å². The van der Waals surface area contributed by atoms with E-state index in [0.29, 0.717) is 6.54 Å². The molecule has 1 aromatic heterocycles. The number of hydrogen-bond acceptors (Lipinski definition) is 1. The molecule has 0 bridgehead atoms. The second kappa shape index (κ2) is 5.42. The largest absolute Gasteiger partial charge is 0.268 e. The molecule has 0 aliphatic carbocycles. The summed E-state index contributed by atoms with van der Waals surface area (Å²) in [7, 11) is 0. The van der Waals surface area contributed by atoms with Crippen molar-refractivity contribution in [3.8, 4) is 0 Å². The summed E-state index contributed by atoms with van der Waals surface area (Å²) < 4.78 is 2.81. The van der Waals surface area contributed by atoms with Crippen LogP contribution in [0, 0.1) is 0 Å². The summed E-state index contributed by atoms with van der Waals surface area (Å²) in [6.45, 7) is 2.57. The van der Waals surface area contributed by atoms with E-state index >= 15 is 0 Å². The minimum Gasteiger partial charge on any atom is -0.268 e. The molecule has 0 radical (unpaired) electrons. The molecule has 0 amide bonds. The summed E-state index contributed by atoms with van der Waals surface area (Å²) in [5.74, 6) is 0. The van der Waals surface area contributed by atoms with Gasteiger partial charge in [-0.3, -0.25) is 4.68 Å². The van der Waals surface area contributed by atoms with Crippen LogP contribution < -0.4 is 0 Å². The van der Waals surface area contributed by atoms with Crippen molar-refractivity contribution in [2.75, 3.05) is 0 Å². The van der Waals surface area contributed by atoms with E-state index in [2.05, 4.69) is 21.0 Å². The molecule has 1 unspecified atom stereocenters. The van der Waals surface area contributed by atoms with Crippen LogP contribution in [0.4, 0.5) is 0 Å². The fourth-order valence-corrected chi connectivity index (χ4v) is 2.34. The van der Waals surface area contributed by atoms with Crippen LogP contribution in [0.15, 0.2) is 35.1 Å². The van der Waals surface area contributed by atoms with Gasteiger partial charge in [-0.2, -0.15) is 5.10 Å². The van der Waals surface area contributed by atoms with Gasteiger partial charge in [-0.25, -0.2) is 0 Å². The maximum Gasteiger partial charge on any atom is 0.0674 e. The van der Waals surface area contributed by atoms with E-state index in [1.54, 1.807) is 6.20 Å². The van der Waals surface area contributed by atoms with Crippen LogP contribution in [0.1, 0.15) is 23.4 Å². The summed E-state index contributed by atoms with van der Waals surface area (Å²) in [5.41, 5.74) is 2.05. The minimum atomic E-state index is -0.0239. The highest BCUT2D eigenvalue weighted by Crippen LogP contribution is 2.23. The van der Waals surface area contributed by atoms with Crippen molar-refractivity contribution in [3.05, 3.63) is 51.2 Å². The Morgan fingerprint density at radius 1 is 1.47 bits per heavy atom. The average molecular weight is 334 g/mol. The van der Waals surface area contributed by atoms with Gasteiger partial charge >= 0.3 is 0 Å². The van der Waals surface area contributed by atoms with Crippen LogP contribution in [0.3, 0.4) is 0 Å². The van der Waals surface area contributed by atoms with Crippen LogP contribution in [0.5, 0.6) is 0 Å². The van der Waals surface area contributed by atoms with Gasteiger partial charge in [-0.1, -0.05) is 33.6 Å². The number of benzene rings is 1. The molecule has 0 aliphatic heterocycles. The fourth-order valence-electron chi connectivity index (χ4n) is 1.50. The van der Waals surface area contributed by atoms with Gasteiger partial charge in [0.05, 0.1) is 18.1 Å². The number of aromatic nitrogens is 2. The Morgan fingerprint density at radius 3 is 2.82 bits per heavy atom. The molecule has 2 aromatic rings. The molecule has 1 heterocycles. The van der Waals surface area contributed by atoms with Gasteiger partial charge in [-0.15, -0.1) is 11.6 Å². The number of nitrogens with zero attached hydrogens (tertiary/aromatic N) is 2. The van der Waals surface area contributed by atoms with Crippen molar-refractivity contribution < 1.29 is 0 Å². The van der Waals surface area contributed by atoms with E-state index in [9.17, 15) is 0 Å². The first-order valence-corrected chi connectivity index (χ1v) is 6.77. The average Bonchev–Trinajstić information content (AvgIpc) is 2.71. The lowest BCUT2D eigenvalue weighted by Gasteiger charge is -2.05. The van der Waals surface area contributed by atoms with Gasteiger partial charge in [0.2, 0.25) is 0 Å². The lowest BCUT2D eigenvalue weighted by molar-refractivity contribution is 0.686. The molecule has 0 aliphatic rings. The third-order valence-electron chi connectivity index (χ3n) is 2.46. The summed E-state index contributed by atoms with van der Waals surface area (Å²) in [4.78, 5) is 0. The zero-order valence-corrected chi connectivity index (χ0v) is 12.3. The number of halogens is 3. The molecule has 17 heavy (non-hydrogen) atoms. The number of rotatable bonds is 3. The van der Waals surface area contributed by atoms with Crippen molar-refractivity contribution in [1.82, 2.24) is 9.78 Å². The van der Waals surface area contributed by atoms with E-state index in [1.165, 1.54) is 0 Å². The first kappa shape index (κ1) is 12.9. The Bertz CT molecular complexity index is 523. The molecule has 1 aromatic carbocycles. The van der Waals surface area contributed by atoms with Gasteiger partial charge in [0, 0.05) is 21.3 Å². The van der Waals surface area contributed by atoms with Crippen LogP contribution in [-0.2, 0) is 6.54 Å². The molecule has 0 saturated heterocycles. The zero-order chi connectivity index (χ0) is 12.4. The molecule has 0 saturated carbocycles. The van der Waals surface area contributed by atoms with E-state index < -0.39 is 0 Å². The molecular weight excluding hydrogens is 323 g/mol. The molecule has 5 heteroatoms. The highest BCUT2D eigenvalue weighted by atomic mass is 79.9.